The van der Waals surface area contributed by atoms with Gasteiger partial charge in [-0.05, 0) is 61.6 Å². The van der Waals surface area contributed by atoms with Crippen molar-refractivity contribution in [1.82, 2.24) is 19.6 Å². The van der Waals surface area contributed by atoms with Gasteiger partial charge >= 0.3 is 0 Å². The average molecular weight is 549 g/mol. The fourth-order valence-electron chi connectivity index (χ4n) is 6.42. The van der Waals surface area contributed by atoms with E-state index in [9.17, 15) is 0 Å². The third kappa shape index (κ3) is 3.74. The van der Waals surface area contributed by atoms with E-state index in [4.69, 9.17) is 15.1 Å². The van der Waals surface area contributed by atoms with Gasteiger partial charge in [-0.25, -0.2) is 4.98 Å². The van der Waals surface area contributed by atoms with Crippen molar-refractivity contribution in [2.45, 2.75) is 0 Å². The second kappa shape index (κ2) is 9.33. The summed E-state index contributed by atoms with van der Waals surface area (Å²) in [6.45, 7) is 0. The smallest absolute Gasteiger partial charge is 0.210 e. The minimum atomic E-state index is 0.585. The molecule has 0 N–H and O–H groups in total. The van der Waals surface area contributed by atoms with Crippen molar-refractivity contribution in [1.29, 1.82) is 0 Å². The van der Waals surface area contributed by atoms with E-state index < -0.39 is 0 Å². The molecule has 0 unspecified atom stereocenters. The molecule has 0 saturated carbocycles. The summed E-state index contributed by atoms with van der Waals surface area (Å²) < 4.78 is 1.86. The molecule has 2 aromatic heterocycles. The minimum absolute atomic E-state index is 0.585. The van der Waals surface area contributed by atoms with Crippen LogP contribution < -0.4 is 0 Å². The number of rotatable bonds is 3. The van der Waals surface area contributed by atoms with Crippen LogP contribution in [0.2, 0.25) is 0 Å². The van der Waals surface area contributed by atoms with E-state index in [2.05, 4.69) is 115 Å². The number of benzene rings is 7. The summed E-state index contributed by atoms with van der Waals surface area (Å²) in [6, 6.07) is 51.2. The Morgan fingerprint density at radius 1 is 0.372 bits per heavy atom. The molecule has 0 atom stereocenters. The molecule has 2 heterocycles. The lowest BCUT2D eigenvalue weighted by Crippen LogP contribution is -1.97. The van der Waals surface area contributed by atoms with Crippen molar-refractivity contribution >= 4 is 49.0 Å². The fraction of sp³-hybridized carbons (Fsp3) is 0. The quantitative estimate of drug-likeness (QED) is 0.206. The van der Waals surface area contributed by atoms with Gasteiger partial charge in [0, 0.05) is 16.5 Å². The average Bonchev–Trinajstić information content (AvgIpc) is 3.53. The first-order valence-corrected chi connectivity index (χ1v) is 14.5. The predicted molar refractivity (Wildman–Crippen MR) is 177 cm³/mol. The Bertz CT molecular complexity index is 2480. The van der Waals surface area contributed by atoms with Crippen molar-refractivity contribution in [3.05, 3.63) is 146 Å². The van der Waals surface area contributed by atoms with Gasteiger partial charge in [-0.3, -0.25) is 0 Å². The van der Waals surface area contributed by atoms with Crippen LogP contribution in [0.5, 0.6) is 0 Å². The van der Waals surface area contributed by atoms with Crippen LogP contribution in [0, 0.1) is 0 Å². The second-order valence-electron chi connectivity index (χ2n) is 10.9. The molecular formula is C39H24N4. The van der Waals surface area contributed by atoms with E-state index in [1.807, 2.05) is 34.8 Å². The van der Waals surface area contributed by atoms with Crippen molar-refractivity contribution in [2.24, 2.45) is 0 Å². The highest BCUT2D eigenvalue weighted by Gasteiger charge is 2.16. The van der Waals surface area contributed by atoms with Gasteiger partial charge in [0.15, 0.2) is 5.82 Å². The Labute approximate surface area is 247 Å². The number of hydrogen-bond acceptors (Lipinski definition) is 3. The molecule has 0 amide bonds. The van der Waals surface area contributed by atoms with E-state index in [0.29, 0.717) is 11.6 Å². The normalized spacial score (nSPS) is 11.7. The molecule has 200 valence electrons. The third-order valence-corrected chi connectivity index (χ3v) is 8.43. The maximum absolute atomic E-state index is 4.98. The van der Waals surface area contributed by atoms with Crippen LogP contribution in [0.25, 0.3) is 82.8 Å². The number of nitrogens with zero attached hydrogens (tertiary/aromatic N) is 4. The molecule has 43 heavy (non-hydrogen) atoms. The largest absolute Gasteiger partial charge is 0.253 e. The van der Waals surface area contributed by atoms with Crippen molar-refractivity contribution < 1.29 is 0 Å². The Morgan fingerprint density at radius 3 is 1.67 bits per heavy atom. The third-order valence-electron chi connectivity index (χ3n) is 8.43. The van der Waals surface area contributed by atoms with Crippen LogP contribution in [0.4, 0.5) is 0 Å². The number of fused-ring (bicyclic) bond motifs is 9. The summed E-state index contributed by atoms with van der Waals surface area (Å²) in [5.41, 5.74) is 6.19. The summed E-state index contributed by atoms with van der Waals surface area (Å²) in [7, 11) is 0. The molecule has 0 saturated heterocycles. The van der Waals surface area contributed by atoms with E-state index in [-0.39, 0.29) is 0 Å². The van der Waals surface area contributed by atoms with Gasteiger partial charge in [-0.2, -0.15) is 9.50 Å². The molecule has 9 rings (SSSR count). The summed E-state index contributed by atoms with van der Waals surface area (Å²) in [5.74, 6) is 1.24. The first-order valence-electron chi connectivity index (χ1n) is 14.5. The first-order chi connectivity index (χ1) is 21.3. The lowest BCUT2D eigenvalue weighted by atomic mass is 9.92. The fourth-order valence-corrected chi connectivity index (χ4v) is 6.42. The van der Waals surface area contributed by atoms with E-state index >= 15 is 0 Å². The Balaban J connectivity index is 1.20. The van der Waals surface area contributed by atoms with Crippen molar-refractivity contribution in [3.8, 4) is 33.8 Å². The molecule has 0 aliphatic heterocycles. The van der Waals surface area contributed by atoms with Crippen molar-refractivity contribution in [3.63, 3.8) is 0 Å². The molecule has 0 spiro atoms. The first kappa shape index (κ1) is 23.8. The molecule has 0 fully saturated rings. The summed E-state index contributed by atoms with van der Waals surface area (Å²) in [5, 5.41) is 13.6. The Kier molecular flexibility index (Phi) is 5.16. The van der Waals surface area contributed by atoms with Gasteiger partial charge in [0.05, 0.1) is 11.2 Å². The van der Waals surface area contributed by atoms with Gasteiger partial charge < -0.3 is 0 Å². The highest BCUT2D eigenvalue weighted by molar-refractivity contribution is 6.25. The molecule has 0 bridgehead atoms. The van der Waals surface area contributed by atoms with Crippen LogP contribution in [-0.2, 0) is 0 Å². The summed E-state index contributed by atoms with van der Waals surface area (Å²) in [4.78, 5) is 9.90. The summed E-state index contributed by atoms with van der Waals surface area (Å²) in [6.07, 6.45) is 0. The van der Waals surface area contributed by atoms with Crippen LogP contribution in [-0.4, -0.2) is 19.6 Å². The minimum Gasteiger partial charge on any atom is -0.210 e. The van der Waals surface area contributed by atoms with Crippen LogP contribution in [0.1, 0.15) is 0 Å². The molecule has 4 nitrogen and oxygen atoms in total. The van der Waals surface area contributed by atoms with Gasteiger partial charge in [-0.1, -0.05) is 127 Å². The molecule has 4 heteroatoms. The van der Waals surface area contributed by atoms with Gasteiger partial charge in [0.1, 0.15) is 0 Å². The number of para-hydroxylation sites is 1. The number of hydrogen-bond donors (Lipinski definition) is 0. The number of aromatic nitrogens is 4. The van der Waals surface area contributed by atoms with Crippen LogP contribution in [0.3, 0.4) is 0 Å². The zero-order valence-electron chi connectivity index (χ0n) is 23.1. The van der Waals surface area contributed by atoms with Gasteiger partial charge in [0.2, 0.25) is 0 Å². The zero-order valence-corrected chi connectivity index (χ0v) is 23.1. The maximum atomic E-state index is 4.98. The van der Waals surface area contributed by atoms with Gasteiger partial charge in [0.25, 0.3) is 5.78 Å². The lowest BCUT2D eigenvalue weighted by molar-refractivity contribution is 0.989. The highest BCUT2D eigenvalue weighted by Crippen LogP contribution is 2.37. The van der Waals surface area contributed by atoms with Crippen molar-refractivity contribution in [2.75, 3.05) is 0 Å². The van der Waals surface area contributed by atoms with Crippen LogP contribution >= 0.6 is 0 Å². The molecule has 0 aliphatic rings. The zero-order chi connectivity index (χ0) is 28.3. The lowest BCUT2D eigenvalue weighted by Gasteiger charge is -2.12. The molecule has 9 aromatic rings. The van der Waals surface area contributed by atoms with Gasteiger partial charge in [-0.15, -0.1) is 5.10 Å². The second-order valence-corrected chi connectivity index (χ2v) is 10.9. The highest BCUT2D eigenvalue weighted by atomic mass is 15.3. The Hall–Kier alpha value is -5.87. The maximum Gasteiger partial charge on any atom is 0.253 e. The van der Waals surface area contributed by atoms with Crippen LogP contribution in [0.15, 0.2) is 146 Å². The van der Waals surface area contributed by atoms with E-state index in [1.54, 1.807) is 0 Å². The van der Waals surface area contributed by atoms with E-state index in [1.165, 1.54) is 32.3 Å². The molecule has 0 radical (unpaired) electrons. The SMILES string of the molecule is c1ccc(-c2nc3nc(-c4cccc(-c5ccc6c7ccccc7c7ccccc7c6c5)c4)nn3c3ccccc23)cc1. The topological polar surface area (TPSA) is 43.1 Å². The monoisotopic (exact) mass is 548 g/mol. The molecular weight excluding hydrogens is 524 g/mol. The summed E-state index contributed by atoms with van der Waals surface area (Å²) >= 11 is 0. The standard InChI is InChI=1S/C39H24N4/c1-2-11-25(12-3-1)37-34-19-8-9-20-36(34)43-39(40-37)41-38(42-43)28-14-10-13-26(23-28)27-21-22-33-31-17-5-4-15-29(31)30-16-6-7-18-32(30)35(33)24-27/h1-24H. The van der Waals surface area contributed by atoms with E-state index in [0.717, 1.165) is 38.9 Å². The molecule has 7 aromatic carbocycles. The predicted octanol–water partition coefficient (Wildman–Crippen LogP) is 9.74. The molecule has 0 aliphatic carbocycles. The Morgan fingerprint density at radius 2 is 0.930 bits per heavy atom.